The fraction of sp³-hybridized carbons (Fsp3) is 0.389. The van der Waals surface area contributed by atoms with E-state index in [2.05, 4.69) is 23.3 Å². The zero-order valence-corrected chi connectivity index (χ0v) is 12.4. The van der Waals surface area contributed by atoms with Crippen LogP contribution in [0.3, 0.4) is 0 Å². The van der Waals surface area contributed by atoms with Gasteiger partial charge in [0.2, 0.25) is 0 Å². The Balaban J connectivity index is 1.85. The molecule has 0 aliphatic heterocycles. The normalized spacial score (nSPS) is 17.0. The summed E-state index contributed by atoms with van der Waals surface area (Å²) in [5, 5.41) is 3.27. The minimum atomic E-state index is -0.124. The molecule has 0 spiro atoms. The second-order valence-corrected chi connectivity index (χ2v) is 5.67. The van der Waals surface area contributed by atoms with E-state index in [1.807, 2.05) is 24.4 Å². The van der Waals surface area contributed by atoms with Gasteiger partial charge in [0.05, 0.1) is 5.69 Å². The SMILES string of the molecule is CCCNCc1cc(C2CCc3cccnc32)ccc1F. The fourth-order valence-electron chi connectivity index (χ4n) is 3.08. The lowest BCUT2D eigenvalue weighted by molar-refractivity contribution is 0.584. The molecule has 0 saturated carbocycles. The third kappa shape index (κ3) is 2.98. The third-order valence-corrected chi connectivity index (χ3v) is 4.17. The first-order chi connectivity index (χ1) is 10.3. The molecule has 1 aliphatic rings. The first-order valence-corrected chi connectivity index (χ1v) is 7.72. The molecule has 21 heavy (non-hydrogen) atoms. The standard InChI is InChI=1S/C18H21FN2/c1-2-9-20-12-15-11-14(6-8-17(15)19)16-7-5-13-4-3-10-21-18(13)16/h3-4,6,8,10-11,16,20H,2,5,7,9,12H2,1H3. The monoisotopic (exact) mass is 284 g/mol. The van der Waals surface area contributed by atoms with Crippen LogP contribution in [-0.2, 0) is 13.0 Å². The number of hydrogen-bond acceptors (Lipinski definition) is 2. The number of pyridine rings is 1. The highest BCUT2D eigenvalue weighted by Gasteiger charge is 2.25. The van der Waals surface area contributed by atoms with Gasteiger partial charge in [-0.05, 0) is 49.1 Å². The molecule has 0 saturated heterocycles. The van der Waals surface area contributed by atoms with Crippen molar-refractivity contribution in [3.63, 3.8) is 0 Å². The molecule has 1 atom stereocenters. The van der Waals surface area contributed by atoms with Gasteiger partial charge in [-0.2, -0.15) is 0 Å². The number of benzene rings is 1. The molecular weight excluding hydrogens is 263 g/mol. The predicted molar refractivity (Wildman–Crippen MR) is 82.8 cm³/mol. The molecule has 0 radical (unpaired) electrons. The van der Waals surface area contributed by atoms with E-state index < -0.39 is 0 Å². The van der Waals surface area contributed by atoms with E-state index >= 15 is 0 Å². The quantitative estimate of drug-likeness (QED) is 0.845. The minimum Gasteiger partial charge on any atom is -0.313 e. The van der Waals surface area contributed by atoms with Crippen molar-refractivity contribution in [3.8, 4) is 0 Å². The zero-order valence-electron chi connectivity index (χ0n) is 12.4. The van der Waals surface area contributed by atoms with E-state index in [0.29, 0.717) is 12.5 Å². The van der Waals surface area contributed by atoms with E-state index in [0.717, 1.165) is 37.1 Å². The van der Waals surface area contributed by atoms with Gasteiger partial charge in [-0.25, -0.2) is 4.39 Å². The van der Waals surface area contributed by atoms with Gasteiger partial charge in [0.25, 0.3) is 0 Å². The van der Waals surface area contributed by atoms with Gasteiger partial charge in [0.1, 0.15) is 5.82 Å². The lowest BCUT2D eigenvalue weighted by Crippen LogP contribution is -2.15. The van der Waals surface area contributed by atoms with Gasteiger partial charge >= 0.3 is 0 Å². The fourth-order valence-corrected chi connectivity index (χ4v) is 3.08. The third-order valence-electron chi connectivity index (χ3n) is 4.17. The van der Waals surface area contributed by atoms with E-state index in [-0.39, 0.29) is 5.82 Å². The van der Waals surface area contributed by atoms with E-state index in [1.54, 1.807) is 6.07 Å². The van der Waals surface area contributed by atoms with Gasteiger partial charge in [-0.15, -0.1) is 0 Å². The molecule has 3 heteroatoms. The van der Waals surface area contributed by atoms with Crippen molar-refractivity contribution < 1.29 is 4.39 Å². The first-order valence-electron chi connectivity index (χ1n) is 7.72. The largest absolute Gasteiger partial charge is 0.313 e. The Bertz CT molecular complexity index is 624. The number of hydrogen-bond donors (Lipinski definition) is 1. The molecular formula is C18H21FN2. The van der Waals surface area contributed by atoms with Crippen LogP contribution in [-0.4, -0.2) is 11.5 Å². The van der Waals surface area contributed by atoms with Crippen LogP contribution in [0.2, 0.25) is 0 Å². The Hall–Kier alpha value is -1.74. The molecule has 0 fully saturated rings. The molecule has 0 amide bonds. The van der Waals surface area contributed by atoms with Gasteiger partial charge < -0.3 is 5.32 Å². The first kappa shape index (κ1) is 14.2. The van der Waals surface area contributed by atoms with Crippen molar-refractivity contribution in [3.05, 3.63) is 64.7 Å². The Labute approximate surface area is 125 Å². The summed E-state index contributed by atoms with van der Waals surface area (Å²) in [7, 11) is 0. The highest BCUT2D eigenvalue weighted by molar-refractivity contribution is 5.39. The number of nitrogens with zero attached hydrogens (tertiary/aromatic N) is 1. The summed E-state index contributed by atoms with van der Waals surface area (Å²) in [5.74, 6) is 0.188. The van der Waals surface area contributed by atoms with E-state index in [1.165, 1.54) is 11.1 Å². The smallest absolute Gasteiger partial charge is 0.127 e. The van der Waals surface area contributed by atoms with Crippen molar-refractivity contribution >= 4 is 0 Å². The van der Waals surface area contributed by atoms with Crippen LogP contribution in [0.5, 0.6) is 0 Å². The van der Waals surface area contributed by atoms with Gasteiger partial charge in [-0.1, -0.05) is 25.1 Å². The van der Waals surface area contributed by atoms with Crippen LogP contribution >= 0.6 is 0 Å². The lowest BCUT2D eigenvalue weighted by Gasteiger charge is -2.13. The summed E-state index contributed by atoms with van der Waals surface area (Å²) in [5.41, 5.74) is 4.43. The van der Waals surface area contributed by atoms with Crippen LogP contribution in [0, 0.1) is 5.82 Å². The Morgan fingerprint density at radius 1 is 1.33 bits per heavy atom. The van der Waals surface area contributed by atoms with Crippen LogP contribution in [0.1, 0.15) is 48.1 Å². The molecule has 1 aliphatic carbocycles. The second kappa shape index (κ2) is 6.35. The lowest BCUT2D eigenvalue weighted by atomic mass is 9.94. The number of halogens is 1. The molecule has 110 valence electrons. The molecule has 0 bridgehead atoms. The maximum absolute atomic E-state index is 13.9. The molecule has 2 nitrogen and oxygen atoms in total. The summed E-state index contributed by atoms with van der Waals surface area (Å²) in [4.78, 5) is 4.54. The van der Waals surface area contributed by atoms with Crippen molar-refractivity contribution in [1.29, 1.82) is 0 Å². The highest BCUT2D eigenvalue weighted by atomic mass is 19.1. The van der Waals surface area contributed by atoms with Crippen molar-refractivity contribution in [2.75, 3.05) is 6.54 Å². The minimum absolute atomic E-state index is 0.124. The Kier molecular flexibility index (Phi) is 4.30. The van der Waals surface area contributed by atoms with Gasteiger partial charge in [-0.3, -0.25) is 4.98 Å². The van der Waals surface area contributed by atoms with E-state index in [4.69, 9.17) is 0 Å². The topological polar surface area (TPSA) is 24.9 Å². The number of aryl methyl sites for hydroxylation is 1. The average molecular weight is 284 g/mol. The molecule has 1 aromatic carbocycles. The second-order valence-electron chi connectivity index (χ2n) is 5.67. The van der Waals surface area contributed by atoms with Crippen LogP contribution in [0.15, 0.2) is 36.5 Å². The summed E-state index contributed by atoms with van der Waals surface area (Å²) in [6, 6.07) is 9.65. The molecule has 1 unspecified atom stereocenters. The summed E-state index contributed by atoms with van der Waals surface area (Å²) >= 11 is 0. The van der Waals surface area contributed by atoms with E-state index in [9.17, 15) is 4.39 Å². The van der Waals surface area contributed by atoms with Crippen LogP contribution in [0.4, 0.5) is 4.39 Å². The predicted octanol–water partition coefficient (Wildman–Crippen LogP) is 3.80. The number of rotatable bonds is 5. The highest BCUT2D eigenvalue weighted by Crippen LogP contribution is 2.36. The molecule has 1 heterocycles. The summed E-state index contributed by atoms with van der Waals surface area (Å²) in [6.45, 7) is 3.62. The van der Waals surface area contributed by atoms with Gasteiger partial charge in [0.15, 0.2) is 0 Å². The maximum atomic E-state index is 13.9. The summed E-state index contributed by atoms with van der Waals surface area (Å²) in [6.07, 6.45) is 5.04. The van der Waals surface area contributed by atoms with Crippen LogP contribution < -0.4 is 5.32 Å². The summed E-state index contributed by atoms with van der Waals surface area (Å²) < 4.78 is 13.9. The van der Waals surface area contributed by atoms with Crippen molar-refractivity contribution in [2.24, 2.45) is 0 Å². The number of aromatic nitrogens is 1. The Morgan fingerprint density at radius 3 is 3.10 bits per heavy atom. The van der Waals surface area contributed by atoms with Crippen molar-refractivity contribution in [2.45, 2.75) is 38.6 Å². The van der Waals surface area contributed by atoms with Gasteiger partial charge in [0, 0.05) is 24.2 Å². The van der Waals surface area contributed by atoms with Crippen molar-refractivity contribution in [1.82, 2.24) is 10.3 Å². The molecule has 1 aromatic heterocycles. The Morgan fingerprint density at radius 2 is 2.24 bits per heavy atom. The zero-order chi connectivity index (χ0) is 14.7. The maximum Gasteiger partial charge on any atom is 0.127 e. The molecule has 3 rings (SSSR count). The molecule has 2 aromatic rings. The molecule has 1 N–H and O–H groups in total. The van der Waals surface area contributed by atoms with Crippen LogP contribution in [0.25, 0.3) is 0 Å². The number of nitrogens with one attached hydrogen (secondary N) is 1. The number of fused-ring (bicyclic) bond motifs is 1. The average Bonchev–Trinajstić information content (AvgIpc) is 2.93.